The Kier molecular flexibility index (Phi) is 5.26. The Bertz CT molecular complexity index is 479. The molecule has 110 valence electrons. The van der Waals surface area contributed by atoms with E-state index in [1.807, 2.05) is 6.07 Å². The summed E-state index contributed by atoms with van der Waals surface area (Å²) in [6.45, 7) is 0. The molecule has 5 heteroatoms. The molecule has 0 aromatic heterocycles. The summed E-state index contributed by atoms with van der Waals surface area (Å²) in [6.07, 6.45) is 4.79. The molecule has 2 N–H and O–H groups in total. The fourth-order valence-electron chi connectivity index (χ4n) is 2.68. The highest BCUT2D eigenvalue weighted by Gasteiger charge is 2.24. The Hall–Kier alpha value is -1.26. The number of hydrogen-bond donors (Lipinski definition) is 2. The van der Waals surface area contributed by atoms with E-state index in [1.165, 1.54) is 12.8 Å². The first kappa shape index (κ1) is 15.1. The summed E-state index contributed by atoms with van der Waals surface area (Å²) in [4.78, 5) is 11.8. The Morgan fingerprint density at radius 1 is 1.35 bits per heavy atom. The molecule has 1 aliphatic carbocycles. The maximum atomic E-state index is 11.8. The summed E-state index contributed by atoms with van der Waals surface area (Å²) >= 11 is 6.06. The molecule has 0 saturated heterocycles. The summed E-state index contributed by atoms with van der Waals surface area (Å²) in [5.41, 5.74) is 1.39. The number of benzene rings is 1. The van der Waals surface area contributed by atoms with Gasteiger partial charge >= 0.3 is 0 Å². The topological polar surface area (TPSA) is 50.4 Å². The number of hydrogen-bond acceptors (Lipinski definition) is 3. The van der Waals surface area contributed by atoms with E-state index in [0.29, 0.717) is 10.6 Å². The zero-order chi connectivity index (χ0) is 14.5. The van der Waals surface area contributed by atoms with Crippen molar-refractivity contribution in [3.63, 3.8) is 0 Å². The smallest absolute Gasteiger partial charge is 0.252 e. The molecule has 1 fully saturated rings. The molecule has 0 heterocycles. The minimum absolute atomic E-state index is 0.175. The lowest BCUT2D eigenvalue weighted by atomic mass is 9.92. The van der Waals surface area contributed by atoms with E-state index < -0.39 is 0 Å². The van der Waals surface area contributed by atoms with Gasteiger partial charge in [-0.2, -0.15) is 0 Å². The van der Waals surface area contributed by atoms with Gasteiger partial charge in [0.1, 0.15) is 0 Å². The van der Waals surface area contributed by atoms with Crippen molar-refractivity contribution in [1.29, 1.82) is 0 Å². The van der Waals surface area contributed by atoms with Crippen LogP contribution in [0.15, 0.2) is 18.2 Å². The van der Waals surface area contributed by atoms with E-state index in [-0.39, 0.29) is 18.1 Å². The number of methoxy groups -OCH3 is 1. The van der Waals surface area contributed by atoms with Crippen molar-refractivity contribution in [2.75, 3.05) is 19.5 Å². The third kappa shape index (κ3) is 3.44. The van der Waals surface area contributed by atoms with E-state index >= 15 is 0 Å². The quantitative estimate of drug-likeness (QED) is 0.898. The summed E-state index contributed by atoms with van der Waals surface area (Å²) in [6, 6.07) is 5.73. The molecule has 4 nitrogen and oxygen atoms in total. The molecule has 0 bridgehead atoms. The van der Waals surface area contributed by atoms with Crippen molar-refractivity contribution in [2.24, 2.45) is 0 Å². The highest BCUT2D eigenvalue weighted by Crippen LogP contribution is 2.26. The second-order valence-electron chi connectivity index (χ2n) is 5.08. The highest BCUT2D eigenvalue weighted by atomic mass is 35.5. The number of anilines is 1. The van der Waals surface area contributed by atoms with Gasteiger partial charge in [-0.05, 0) is 31.0 Å². The Morgan fingerprint density at radius 2 is 2.10 bits per heavy atom. The Balaban J connectivity index is 2.14. The van der Waals surface area contributed by atoms with Crippen molar-refractivity contribution < 1.29 is 9.53 Å². The molecule has 0 aliphatic heterocycles. The van der Waals surface area contributed by atoms with Gasteiger partial charge in [0, 0.05) is 19.8 Å². The third-order valence-electron chi connectivity index (χ3n) is 3.80. The largest absolute Gasteiger partial charge is 0.380 e. The SMILES string of the molecule is CNC(=O)c1cc(NC2CCCCC2OC)ccc1Cl. The van der Waals surface area contributed by atoms with Crippen LogP contribution in [0.5, 0.6) is 0 Å². The number of carbonyl (C=O) groups is 1. The standard InChI is InChI=1S/C15H21ClN2O2/c1-17-15(19)11-9-10(7-8-12(11)16)18-13-5-3-4-6-14(13)20-2/h7-9,13-14,18H,3-6H2,1-2H3,(H,17,19). The molecule has 1 aromatic rings. The molecule has 1 aromatic carbocycles. The highest BCUT2D eigenvalue weighted by molar-refractivity contribution is 6.34. The van der Waals surface area contributed by atoms with Crippen molar-refractivity contribution in [1.82, 2.24) is 5.32 Å². The molecule has 2 rings (SSSR count). The van der Waals surface area contributed by atoms with Crippen molar-refractivity contribution in [3.8, 4) is 0 Å². The summed E-state index contributed by atoms with van der Waals surface area (Å²) in [5.74, 6) is -0.175. The number of amides is 1. The van der Waals surface area contributed by atoms with Crippen LogP contribution in [0.4, 0.5) is 5.69 Å². The molecule has 0 radical (unpaired) electrons. The lowest BCUT2D eigenvalue weighted by Gasteiger charge is -2.32. The van der Waals surface area contributed by atoms with Crippen LogP contribution in [0, 0.1) is 0 Å². The number of nitrogens with one attached hydrogen (secondary N) is 2. The molecule has 20 heavy (non-hydrogen) atoms. The number of halogens is 1. The fraction of sp³-hybridized carbons (Fsp3) is 0.533. The first-order chi connectivity index (χ1) is 9.65. The predicted molar refractivity (Wildman–Crippen MR) is 81.5 cm³/mol. The number of carbonyl (C=O) groups excluding carboxylic acids is 1. The number of rotatable bonds is 4. The normalized spacial score (nSPS) is 22.4. The van der Waals surface area contributed by atoms with Crippen LogP contribution in [0.2, 0.25) is 5.02 Å². The van der Waals surface area contributed by atoms with E-state index in [4.69, 9.17) is 16.3 Å². The maximum absolute atomic E-state index is 11.8. The van der Waals surface area contributed by atoms with Crippen LogP contribution < -0.4 is 10.6 Å². The first-order valence-electron chi connectivity index (χ1n) is 6.96. The minimum Gasteiger partial charge on any atom is -0.380 e. The van der Waals surface area contributed by atoms with Crippen LogP contribution in [0.1, 0.15) is 36.0 Å². The molecule has 1 amide bonds. The van der Waals surface area contributed by atoms with Crippen molar-refractivity contribution in [2.45, 2.75) is 37.8 Å². The Labute approximate surface area is 124 Å². The third-order valence-corrected chi connectivity index (χ3v) is 4.13. The summed E-state index contributed by atoms with van der Waals surface area (Å²) in [5, 5.41) is 6.52. The van der Waals surface area contributed by atoms with Gasteiger partial charge in [0.25, 0.3) is 5.91 Å². The molecule has 0 spiro atoms. The van der Waals surface area contributed by atoms with Gasteiger partial charge in [0.2, 0.25) is 0 Å². The average molecular weight is 297 g/mol. The molecular formula is C15H21ClN2O2. The van der Waals surface area contributed by atoms with E-state index in [9.17, 15) is 4.79 Å². The van der Waals surface area contributed by atoms with E-state index in [0.717, 1.165) is 18.5 Å². The lowest BCUT2D eigenvalue weighted by Crippen LogP contribution is -2.37. The van der Waals surface area contributed by atoms with E-state index in [2.05, 4.69) is 10.6 Å². The average Bonchev–Trinajstić information content (AvgIpc) is 2.49. The zero-order valence-corrected chi connectivity index (χ0v) is 12.7. The van der Waals surface area contributed by atoms with Crippen LogP contribution in [-0.4, -0.2) is 32.2 Å². The van der Waals surface area contributed by atoms with Crippen molar-refractivity contribution in [3.05, 3.63) is 28.8 Å². The zero-order valence-electron chi connectivity index (χ0n) is 11.9. The monoisotopic (exact) mass is 296 g/mol. The van der Waals surface area contributed by atoms with Gasteiger partial charge in [-0.15, -0.1) is 0 Å². The van der Waals surface area contributed by atoms with Gasteiger partial charge in [-0.25, -0.2) is 0 Å². The number of ether oxygens (including phenoxy) is 1. The van der Waals surface area contributed by atoms with Gasteiger partial charge in [-0.1, -0.05) is 24.4 Å². The van der Waals surface area contributed by atoms with Gasteiger partial charge in [-0.3, -0.25) is 4.79 Å². The fourth-order valence-corrected chi connectivity index (χ4v) is 2.89. The Morgan fingerprint density at radius 3 is 2.80 bits per heavy atom. The van der Waals surface area contributed by atoms with Crippen molar-refractivity contribution >= 4 is 23.2 Å². The summed E-state index contributed by atoms with van der Waals surface area (Å²) in [7, 11) is 3.35. The molecule has 2 atom stereocenters. The van der Waals surface area contributed by atoms with Gasteiger partial charge in [0.15, 0.2) is 0 Å². The van der Waals surface area contributed by atoms with Crippen LogP contribution in [0.25, 0.3) is 0 Å². The molecule has 2 unspecified atom stereocenters. The minimum atomic E-state index is -0.175. The summed E-state index contributed by atoms with van der Waals surface area (Å²) < 4.78 is 5.53. The lowest BCUT2D eigenvalue weighted by molar-refractivity contribution is 0.0606. The predicted octanol–water partition coefficient (Wildman–Crippen LogP) is 3.07. The molecule has 1 saturated carbocycles. The maximum Gasteiger partial charge on any atom is 0.252 e. The van der Waals surface area contributed by atoms with Crippen LogP contribution >= 0.6 is 11.6 Å². The second kappa shape index (κ2) is 6.95. The molecular weight excluding hydrogens is 276 g/mol. The van der Waals surface area contributed by atoms with Gasteiger partial charge in [0.05, 0.1) is 22.7 Å². The van der Waals surface area contributed by atoms with Crippen LogP contribution in [-0.2, 0) is 4.74 Å². The second-order valence-corrected chi connectivity index (χ2v) is 5.49. The van der Waals surface area contributed by atoms with E-state index in [1.54, 1.807) is 26.3 Å². The first-order valence-corrected chi connectivity index (χ1v) is 7.34. The molecule has 1 aliphatic rings. The van der Waals surface area contributed by atoms with Gasteiger partial charge < -0.3 is 15.4 Å². The van der Waals surface area contributed by atoms with Crippen LogP contribution in [0.3, 0.4) is 0 Å².